The molecule has 1 fully saturated rings. The number of methoxy groups -OCH3 is 2. The standard InChI is InChI=1S/C19H23FN2O2/c1-23-18-8-4-6-15(19(18)24-2)13-22-10-9-21-12-17(22)14-5-3-7-16(20)11-14/h3-8,11,17,21H,9-10,12-13H2,1-2H3. The van der Waals surface area contributed by atoms with Crippen molar-refractivity contribution in [2.75, 3.05) is 33.9 Å². The summed E-state index contributed by atoms with van der Waals surface area (Å²) in [4.78, 5) is 2.35. The Morgan fingerprint density at radius 2 is 2.00 bits per heavy atom. The summed E-state index contributed by atoms with van der Waals surface area (Å²) in [6.45, 7) is 3.33. The lowest BCUT2D eigenvalue weighted by molar-refractivity contribution is 0.151. The lowest BCUT2D eigenvalue weighted by Gasteiger charge is -2.37. The molecule has 1 heterocycles. The molecule has 3 rings (SSSR count). The van der Waals surface area contributed by atoms with Crippen molar-refractivity contribution >= 4 is 0 Å². The van der Waals surface area contributed by atoms with Crippen molar-refractivity contribution in [2.24, 2.45) is 0 Å². The summed E-state index contributed by atoms with van der Waals surface area (Å²) in [7, 11) is 3.30. The number of halogens is 1. The van der Waals surface area contributed by atoms with Crippen LogP contribution in [0.15, 0.2) is 42.5 Å². The summed E-state index contributed by atoms with van der Waals surface area (Å²) < 4.78 is 24.5. The van der Waals surface area contributed by atoms with Crippen molar-refractivity contribution in [2.45, 2.75) is 12.6 Å². The van der Waals surface area contributed by atoms with Gasteiger partial charge in [-0.3, -0.25) is 4.90 Å². The van der Waals surface area contributed by atoms with Gasteiger partial charge in [0, 0.05) is 37.8 Å². The molecule has 24 heavy (non-hydrogen) atoms. The second-order valence-corrected chi connectivity index (χ2v) is 5.90. The fourth-order valence-corrected chi connectivity index (χ4v) is 3.28. The van der Waals surface area contributed by atoms with Crippen LogP contribution in [0.4, 0.5) is 4.39 Å². The Morgan fingerprint density at radius 1 is 1.17 bits per heavy atom. The first-order valence-electron chi connectivity index (χ1n) is 8.13. The summed E-state index contributed by atoms with van der Waals surface area (Å²) in [6.07, 6.45) is 0. The van der Waals surface area contributed by atoms with Gasteiger partial charge in [0.2, 0.25) is 0 Å². The molecule has 1 atom stereocenters. The maximum absolute atomic E-state index is 13.6. The number of benzene rings is 2. The van der Waals surface area contributed by atoms with Crippen LogP contribution < -0.4 is 14.8 Å². The highest BCUT2D eigenvalue weighted by Gasteiger charge is 2.25. The van der Waals surface area contributed by atoms with Gasteiger partial charge in [-0.2, -0.15) is 0 Å². The number of para-hydroxylation sites is 1. The predicted octanol–water partition coefficient (Wildman–Crippen LogP) is 2.99. The molecule has 0 spiro atoms. The van der Waals surface area contributed by atoms with Crippen molar-refractivity contribution in [1.82, 2.24) is 10.2 Å². The second-order valence-electron chi connectivity index (χ2n) is 5.90. The molecule has 0 saturated carbocycles. The van der Waals surface area contributed by atoms with Crippen molar-refractivity contribution in [3.05, 3.63) is 59.4 Å². The fourth-order valence-electron chi connectivity index (χ4n) is 3.28. The lowest BCUT2D eigenvalue weighted by atomic mass is 10.0. The average Bonchev–Trinajstić information content (AvgIpc) is 2.62. The van der Waals surface area contributed by atoms with E-state index >= 15 is 0 Å². The topological polar surface area (TPSA) is 33.7 Å². The highest BCUT2D eigenvalue weighted by atomic mass is 19.1. The van der Waals surface area contributed by atoms with Crippen LogP contribution >= 0.6 is 0 Å². The zero-order valence-electron chi connectivity index (χ0n) is 14.1. The molecule has 4 nitrogen and oxygen atoms in total. The van der Waals surface area contributed by atoms with E-state index < -0.39 is 0 Å². The van der Waals surface area contributed by atoms with Crippen LogP contribution in [0, 0.1) is 5.82 Å². The minimum Gasteiger partial charge on any atom is -0.493 e. The van der Waals surface area contributed by atoms with Gasteiger partial charge in [-0.15, -0.1) is 0 Å². The molecule has 0 aliphatic carbocycles. The van der Waals surface area contributed by atoms with Crippen LogP contribution in [0.1, 0.15) is 17.2 Å². The fraction of sp³-hybridized carbons (Fsp3) is 0.368. The molecule has 1 N–H and O–H groups in total. The maximum atomic E-state index is 13.6. The second kappa shape index (κ2) is 7.64. The largest absolute Gasteiger partial charge is 0.493 e. The Kier molecular flexibility index (Phi) is 5.33. The van der Waals surface area contributed by atoms with Gasteiger partial charge in [0.15, 0.2) is 11.5 Å². The smallest absolute Gasteiger partial charge is 0.165 e. The first-order chi connectivity index (χ1) is 11.7. The zero-order chi connectivity index (χ0) is 16.9. The van der Waals surface area contributed by atoms with Crippen molar-refractivity contribution in [3.63, 3.8) is 0 Å². The third kappa shape index (κ3) is 3.52. The molecule has 0 bridgehead atoms. The van der Waals surface area contributed by atoms with Gasteiger partial charge < -0.3 is 14.8 Å². The number of hydrogen-bond acceptors (Lipinski definition) is 4. The molecule has 0 amide bonds. The van der Waals surface area contributed by atoms with Gasteiger partial charge in [0.05, 0.1) is 14.2 Å². The van der Waals surface area contributed by atoms with Gasteiger partial charge in [0.1, 0.15) is 5.82 Å². The minimum atomic E-state index is -0.197. The Labute approximate surface area is 142 Å². The monoisotopic (exact) mass is 330 g/mol. The SMILES string of the molecule is COc1cccc(CN2CCNCC2c2cccc(F)c2)c1OC. The number of nitrogens with one attached hydrogen (secondary N) is 1. The summed E-state index contributed by atoms with van der Waals surface area (Å²) in [5.41, 5.74) is 2.06. The molecular formula is C19H23FN2O2. The van der Waals surface area contributed by atoms with Crippen molar-refractivity contribution < 1.29 is 13.9 Å². The Hall–Kier alpha value is -2.11. The summed E-state index contributed by atoms with van der Waals surface area (Å²) in [5.74, 6) is 1.29. The van der Waals surface area contributed by atoms with E-state index in [1.54, 1.807) is 26.4 Å². The predicted molar refractivity (Wildman–Crippen MR) is 92.0 cm³/mol. The van der Waals surface area contributed by atoms with Crippen LogP contribution in [0.25, 0.3) is 0 Å². The van der Waals surface area contributed by atoms with Crippen LogP contribution in [-0.4, -0.2) is 38.8 Å². The molecule has 1 unspecified atom stereocenters. The molecular weight excluding hydrogens is 307 g/mol. The quantitative estimate of drug-likeness (QED) is 0.914. The maximum Gasteiger partial charge on any atom is 0.165 e. The molecule has 0 aromatic heterocycles. The first-order valence-corrected chi connectivity index (χ1v) is 8.13. The summed E-state index contributed by atoms with van der Waals surface area (Å²) >= 11 is 0. The van der Waals surface area contributed by atoms with Gasteiger partial charge in [0.25, 0.3) is 0 Å². The van der Waals surface area contributed by atoms with Crippen LogP contribution in [0.3, 0.4) is 0 Å². The Morgan fingerprint density at radius 3 is 2.75 bits per heavy atom. The van der Waals surface area contributed by atoms with Crippen LogP contribution in [0.2, 0.25) is 0 Å². The summed E-state index contributed by atoms with van der Waals surface area (Å²) in [5, 5.41) is 3.40. The van der Waals surface area contributed by atoms with Gasteiger partial charge in [-0.1, -0.05) is 24.3 Å². The lowest BCUT2D eigenvalue weighted by Crippen LogP contribution is -2.45. The van der Waals surface area contributed by atoms with E-state index in [2.05, 4.69) is 10.2 Å². The normalized spacial score (nSPS) is 18.4. The van der Waals surface area contributed by atoms with Crippen molar-refractivity contribution in [3.8, 4) is 11.5 Å². The van der Waals surface area contributed by atoms with Crippen molar-refractivity contribution in [1.29, 1.82) is 0 Å². The van der Waals surface area contributed by atoms with Gasteiger partial charge >= 0.3 is 0 Å². The molecule has 1 aliphatic heterocycles. The highest BCUT2D eigenvalue weighted by molar-refractivity contribution is 5.46. The van der Waals surface area contributed by atoms with E-state index in [9.17, 15) is 4.39 Å². The number of piperazine rings is 1. The molecule has 1 aliphatic rings. The number of rotatable bonds is 5. The Balaban J connectivity index is 1.87. The van der Waals surface area contributed by atoms with E-state index in [-0.39, 0.29) is 11.9 Å². The van der Waals surface area contributed by atoms with E-state index in [1.807, 2.05) is 24.3 Å². The average molecular weight is 330 g/mol. The minimum absolute atomic E-state index is 0.130. The van der Waals surface area contributed by atoms with Gasteiger partial charge in [-0.25, -0.2) is 4.39 Å². The molecule has 1 saturated heterocycles. The third-order valence-corrected chi connectivity index (χ3v) is 4.45. The number of nitrogens with zero attached hydrogens (tertiary/aromatic N) is 1. The summed E-state index contributed by atoms with van der Waals surface area (Å²) in [6, 6.07) is 12.9. The molecule has 2 aromatic rings. The molecule has 0 radical (unpaired) electrons. The molecule has 5 heteroatoms. The van der Waals surface area contributed by atoms with E-state index in [0.29, 0.717) is 0 Å². The Bertz CT molecular complexity index is 693. The van der Waals surface area contributed by atoms with E-state index in [4.69, 9.17) is 9.47 Å². The first kappa shape index (κ1) is 16.7. The number of ether oxygens (including phenoxy) is 2. The number of hydrogen-bond donors (Lipinski definition) is 1. The van der Waals surface area contributed by atoms with E-state index in [0.717, 1.165) is 48.8 Å². The zero-order valence-corrected chi connectivity index (χ0v) is 14.1. The van der Waals surface area contributed by atoms with Gasteiger partial charge in [-0.05, 0) is 23.8 Å². The van der Waals surface area contributed by atoms with Crippen LogP contribution in [0.5, 0.6) is 11.5 Å². The van der Waals surface area contributed by atoms with Crippen LogP contribution in [-0.2, 0) is 6.54 Å². The van der Waals surface area contributed by atoms with E-state index in [1.165, 1.54) is 6.07 Å². The molecule has 128 valence electrons. The molecule has 2 aromatic carbocycles. The third-order valence-electron chi connectivity index (χ3n) is 4.45. The highest BCUT2D eigenvalue weighted by Crippen LogP contribution is 2.33.